The van der Waals surface area contributed by atoms with Crippen LogP contribution in [0.15, 0.2) is 48.5 Å². The number of likely N-dealkylation sites (tertiary alicyclic amines) is 1. The first-order valence-electron chi connectivity index (χ1n) is 11.2. The molecule has 1 aliphatic carbocycles. The zero-order valence-corrected chi connectivity index (χ0v) is 18.2. The van der Waals surface area contributed by atoms with Crippen LogP contribution in [0.4, 0.5) is 0 Å². The maximum absolute atomic E-state index is 6.38. The normalized spacial score (nSPS) is 25.4. The predicted molar refractivity (Wildman–Crippen MR) is 119 cm³/mol. The molecule has 156 valence electrons. The molecule has 3 nitrogen and oxygen atoms in total. The standard InChI is InChI=1S/C26H35NO2/c1-4-26(2)19-27(17-20-10-6-5-7-11-20)18-23(26)21-14-15-24(28-3)25(16-21)29-22-12-8-9-13-22/h5-7,10-11,14-16,22-23H,4,8-9,12-13,17-19H2,1-3H3/t23-,26+/m0/s1. The molecule has 2 aliphatic rings. The first-order valence-corrected chi connectivity index (χ1v) is 11.2. The highest BCUT2D eigenvalue weighted by atomic mass is 16.5. The first kappa shape index (κ1) is 20.3. The second-order valence-electron chi connectivity index (χ2n) is 9.15. The summed E-state index contributed by atoms with van der Waals surface area (Å²) in [6, 6.07) is 17.5. The minimum Gasteiger partial charge on any atom is -0.493 e. The Morgan fingerprint density at radius 3 is 2.48 bits per heavy atom. The largest absolute Gasteiger partial charge is 0.493 e. The maximum atomic E-state index is 6.38. The maximum Gasteiger partial charge on any atom is 0.161 e. The average molecular weight is 394 g/mol. The van der Waals surface area contributed by atoms with Crippen LogP contribution in [0.2, 0.25) is 0 Å². The Labute approximate surface area is 176 Å². The lowest BCUT2D eigenvalue weighted by molar-refractivity contribution is 0.200. The van der Waals surface area contributed by atoms with Crippen LogP contribution in [-0.2, 0) is 6.54 Å². The third kappa shape index (κ3) is 4.45. The third-order valence-corrected chi connectivity index (χ3v) is 7.11. The average Bonchev–Trinajstić information content (AvgIpc) is 3.37. The van der Waals surface area contributed by atoms with E-state index in [9.17, 15) is 0 Å². The van der Waals surface area contributed by atoms with E-state index in [4.69, 9.17) is 9.47 Å². The molecule has 0 amide bonds. The highest BCUT2D eigenvalue weighted by Crippen LogP contribution is 2.47. The summed E-state index contributed by atoms with van der Waals surface area (Å²) < 4.78 is 12.0. The third-order valence-electron chi connectivity index (χ3n) is 7.11. The van der Waals surface area contributed by atoms with E-state index in [1.807, 2.05) is 0 Å². The fourth-order valence-corrected chi connectivity index (χ4v) is 5.18. The van der Waals surface area contributed by atoms with E-state index in [-0.39, 0.29) is 5.41 Å². The summed E-state index contributed by atoms with van der Waals surface area (Å²) in [7, 11) is 1.74. The van der Waals surface area contributed by atoms with Crippen LogP contribution in [0.25, 0.3) is 0 Å². The lowest BCUT2D eigenvalue weighted by atomic mass is 9.74. The second-order valence-corrected chi connectivity index (χ2v) is 9.15. The zero-order chi connectivity index (χ0) is 20.3. The van der Waals surface area contributed by atoms with Crippen LogP contribution >= 0.6 is 0 Å². The quantitative estimate of drug-likeness (QED) is 0.573. The van der Waals surface area contributed by atoms with Crippen LogP contribution in [0.5, 0.6) is 11.5 Å². The molecule has 0 unspecified atom stereocenters. The first-order chi connectivity index (χ1) is 14.1. The Kier molecular flexibility index (Phi) is 6.15. The van der Waals surface area contributed by atoms with Crippen LogP contribution in [0, 0.1) is 5.41 Å². The lowest BCUT2D eigenvalue weighted by Crippen LogP contribution is -2.25. The van der Waals surface area contributed by atoms with Crippen molar-refractivity contribution in [2.24, 2.45) is 5.41 Å². The van der Waals surface area contributed by atoms with Crippen molar-refractivity contribution in [1.82, 2.24) is 4.90 Å². The topological polar surface area (TPSA) is 21.7 Å². The molecular weight excluding hydrogens is 358 g/mol. The van der Waals surface area contributed by atoms with Crippen molar-refractivity contribution in [2.45, 2.75) is 64.5 Å². The number of hydrogen-bond donors (Lipinski definition) is 0. The highest BCUT2D eigenvalue weighted by molar-refractivity contribution is 5.45. The van der Waals surface area contributed by atoms with Crippen LogP contribution in [0.1, 0.15) is 63.0 Å². The fraction of sp³-hybridized carbons (Fsp3) is 0.538. The predicted octanol–water partition coefficient (Wildman–Crippen LogP) is 6.03. The molecule has 0 N–H and O–H groups in total. The van der Waals surface area contributed by atoms with Crippen molar-refractivity contribution in [3.63, 3.8) is 0 Å². The van der Waals surface area contributed by atoms with E-state index in [0.29, 0.717) is 12.0 Å². The van der Waals surface area contributed by atoms with E-state index in [2.05, 4.69) is 67.3 Å². The monoisotopic (exact) mass is 393 g/mol. The number of ether oxygens (including phenoxy) is 2. The van der Waals surface area contributed by atoms with Gasteiger partial charge in [-0.1, -0.05) is 50.2 Å². The highest BCUT2D eigenvalue weighted by Gasteiger charge is 2.42. The molecule has 1 heterocycles. The van der Waals surface area contributed by atoms with Crippen LogP contribution in [0.3, 0.4) is 0 Å². The zero-order valence-electron chi connectivity index (χ0n) is 18.2. The van der Waals surface area contributed by atoms with Crippen molar-refractivity contribution in [2.75, 3.05) is 20.2 Å². The lowest BCUT2D eigenvalue weighted by Gasteiger charge is -2.30. The van der Waals surface area contributed by atoms with Gasteiger partial charge >= 0.3 is 0 Å². The van der Waals surface area contributed by atoms with E-state index in [1.165, 1.54) is 30.4 Å². The summed E-state index contributed by atoms with van der Waals surface area (Å²) in [5.74, 6) is 2.29. The molecule has 1 saturated carbocycles. The van der Waals surface area contributed by atoms with E-state index in [0.717, 1.165) is 44.0 Å². The van der Waals surface area contributed by atoms with Gasteiger partial charge in [-0.25, -0.2) is 0 Å². The van der Waals surface area contributed by atoms with Gasteiger partial charge in [-0.2, -0.15) is 0 Å². The van der Waals surface area contributed by atoms with Gasteiger partial charge in [0.2, 0.25) is 0 Å². The number of rotatable bonds is 7. The number of hydrogen-bond acceptors (Lipinski definition) is 3. The molecule has 1 aliphatic heterocycles. The van der Waals surface area contributed by atoms with Crippen molar-refractivity contribution in [1.29, 1.82) is 0 Å². The fourth-order valence-electron chi connectivity index (χ4n) is 5.18. The van der Waals surface area contributed by atoms with Gasteiger partial charge in [0.05, 0.1) is 13.2 Å². The Hall–Kier alpha value is -2.00. The summed E-state index contributed by atoms with van der Waals surface area (Å²) >= 11 is 0. The summed E-state index contributed by atoms with van der Waals surface area (Å²) in [5, 5.41) is 0. The van der Waals surface area contributed by atoms with Gasteiger partial charge in [0, 0.05) is 25.6 Å². The minimum atomic E-state index is 0.272. The molecule has 1 saturated heterocycles. The molecule has 4 rings (SSSR count). The van der Waals surface area contributed by atoms with Gasteiger partial charge in [-0.3, -0.25) is 4.90 Å². The summed E-state index contributed by atoms with van der Waals surface area (Å²) in [6.45, 7) is 8.03. The number of nitrogens with zero attached hydrogens (tertiary/aromatic N) is 1. The van der Waals surface area contributed by atoms with Crippen molar-refractivity contribution < 1.29 is 9.47 Å². The Morgan fingerprint density at radius 1 is 1.03 bits per heavy atom. The van der Waals surface area contributed by atoms with Gasteiger partial charge in [0.25, 0.3) is 0 Å². The molecular formula is C26H35NO2. The van der Waals surface area contributed by atoms with Crippen molar-refractivity contribution >= 4 is 0 Å². The number of methoxy groups -OCH3 is 1. The molecule has 0 spiro atoms. The smallest absolute Gasteiger partial charge is 0.161 e. The molecule has 2 aromatic carbocycles. The Bertz CT molecular complexity index is 800. The molecule has 3 heteroatoms. The van der Waals surface area contributed by atoms with Gasteiger partial charge in [0.15, 0.2) is 11.5 Å². The molecule has 0 bridgehead atoms. The Morgan fingerprint density at radius 2 is 1.79 bits per heavy atom. The molecule has 2 fully saturated rings. The van der Waals surface area contributed by atoms with Crippen LogP contribution < -0.4 is 9.47 Å². The molecule has 2 aromatic rings. The van der Waals surface area contributed by atoms with Gasteiger partial charge in [-0.15, -0.1) is 0 Å². The number of benzene rings is 2. The van der Waals surface area contributed by atoms with E-state index in [1.54, 1.807) is 7.11 Å². The molecule has 29 heavy (non-hydrogen) atoms. The molecule has 2 atom stereocenters. The molecule has 0 aromatic heterocycles. The summed E-state index contributed by atoms with van der Waals surface area (Å²) in [6.07, 6.45) is 6.39. The van der Waals surface area contributed by atoms with E-state index < -0.39 is 0 Å². The second kappa shape index (κ2) is 8.79. The van der Waals surface area contributed by atoms with Crippen LogP contribution in [-0.4, -0.2) is 31.2 Å². The van der Waals surface area contributed by atoms with Gasteiger partial charge in [0.1, 0.15) is 0 Å². The van der Waals surface area contributed by atoms with Gasteiger partial charge in [-0.05, 0) is 60.8 Å². The SMILES string of the molecule is CC[C@]1(C)CN(Cc2ccccc2)C[C@H]1c1ccc(OC)c(OC2CCCC2)c1. The molecule has 0 radical (unpaired) electrons. The van der Waals surface area contributed by atoms with Crippen molar-refractivity contribution in [3.8, 4) is 11.5 Å². The summed E-state index contributed by atoms with van der Waals surface area (Å²) in [4.78, 5) is 2.62. The van der Waals surface area contributed by atoms with E-state index >= 15 is 0 Å². The Balaban J connectivity index is 1.56. The van der Waals surface area contributed by atoms with Gasteiger partial charge < -0.3 is 9.47 Å². The summed E-state index contributed by atoms with van der Waals surface area (Å²) in [5.41, 5.74) is 3.05. The van der Waals surface area contributed by atoms with Crippen molar-refractivity contribution in [3.05, 3.63) is 59.7 Å². The minimum absolute atomic E-state index is 0.272.